The standard InChI is InChI=1S/C20H28Cl2N2S/c1-5-7-11-23-19-24(12-8-6-2)18(14-25-19)20(3,4)15-9-10-16(21)17(22)13-15/h9-10,13-14H,5-8,11-12H2,1-4H3/b23-19+. The van der Waals surface area contributed by atoms with E-state index < -0.39 is 0 Å². The molecule has 0 fully saturated rings. The van der Waals surface area contributed by atoms with Gasteiger partial charge in [0.25, 0.3) is 0 Å². The van der Waals surface area contributed by atoms with Gasteiger partial charge in [-0.25, -0.2) is 0 Å². The molecule has 0 radical (unpaired) electrons. The van der Waals surface area contributed by atoms with Crippen molar-refractivity contribution in [2.45, 2.75) is 65.3 Å². The number of halogens is 2. The van der Waals surface area contributed by atoms with Crippen molar-refractivity contribution in [1.82, 2.24) is 4.57 Å². The Morgan fingerprint density at radius 2 is 1.80 bits per heavy atom. The highest BCUT2D eigenvalue weighted by Crippen LogP contribution is 2.35. The number of hydrogen-bond acceptors (Lipinski definition) is 2. The molecule has 1 heterocycles. The van der Waals surface area contributed by atoms with Crippen LogP contribution in [0.2, 0.25) is 10.0 Å². The van der Waals surface area contributed by atoms with Gasteiger partial charge < -0.3 is 4.57 Å². The molecule has 1 aromatic carbocycles. The molecular formula is C20H28Cl2N2S. The Morgan fingerprint density at radius 1 is 1.08 bits per heavy atom. The number of benzene rings is 1. The van der Waals surface area contributed by atoms with E-state index in [1.165, 1.54) is 24.1 Å². The van der Waals surface area contributed by atoms with Gasteiger partial charge in [-0.1, -0.05) is 69.8 Å². The van der Waals surface area contributed by atoms with Crippen molar-refractivity contribution in [2.24, 2.45) is 4.99 Å². The van der Waals surface area contributed by atoms with Crippen molar-refractivity contribution in [1.29, 1.82) is 0 Å². The molecular weight excluding hydrogens is 371 g/mol. The summed E-state index contributed by atoms with van der Waals surface area (Å²) in [4.78, 5) is 5.97. The van der Waals surface area contributed by atoms with Crippen LogP contribution in [-0.2, 0) is 12.0 Å². The maximum atomic E-state index is 6.27. The van der Waals surface area contributed by atoms with Crippen LogP contribution >= 0.6 is 34.5 Å². The fourth-order valence-electron chi connectivity index (χ4n) is 2.84. The molecule has 0 atom stereocenters. The van der Waals surface area contributed by atoms with Gasteiger partial charge in [0.1, 0.15) is 0 Å². The summed E-state index contributed by atoms with van der Waals surface area (Å²) in [5.74, 6) is 0. The molecule has 0 aliphatic rings. The van der Waals surface area contributed by atoms with Crippen LogP contribution in [0.5, 0.6) is 0 Å². The van der Waals surface area contributed by atoms with E-state index in [2.05, 4.69) is 43.7 Å². The van der Waals surface area contributed by atoms with Gasteiger partial charge >= 0.3 is 0 Å². The van der Waals surface area contributed by atoms with E-state index in [-0.39, 0.29) is 5.41 Å². The lowest BCUT2D eigenvalue weighted by molar-refractivity contribution is 0.519. The number of nitrogens with zero attached hydrogens (tertiary/aromatic N) is 2. The first kappa shape index (κ1) is 20.5. The zero-order valence-electron chi connectivity index (χ0n) is 15.6. The average molecular weight is 399 g/mol. The molecule has 0 unspecified atom stereocenters. The third kappa shape index (κ3) is 4.90. The second-order valence-corrected chi connectivity index (χ2v) is 8.55. The predicted octanol–water partition coefficient (Wildman–Crippen LogP) is 6.68. The smallest absolute Gasteiger partial charge is 0.184 e. The summed E-state index contributed by atoms with van der Waals surface area (Å²) < 4.78 is 2.40. The van der Waals surface area contributed by atoms with Crippen LogP contribution in [0.25, 0.3) is 0 Å². The maximum absolute atomic E-state index is 6.27. The largest absolute Gasteiger partial charge is 0.320 e. The first-order chi connectivity index (χ1) is 11.9. The number of unbranched alkanes of at least 4 members (excludes halogenated alkanes) is 2. The van der Waals surface area contributed by atoms with E-state index in [0.29, 0.717) is 10.0 Å². The summed E-state index contributed by atoms with van der Waals surface area (Å²) in [6.07, 6.45) is 4.63. The molecule has 0 aliphatic carbocycles. The number of thiazole rings is 1. The molecule has 2 rings (SSSR count). The average Bonchev–Trinajstić information content (AvgIpc) is 2.99. The summed E-state index contributed by atoms with van der Waals surface area (Å²) in [5.41, 5.74) is 2.31. The molecule has 0 bridgehead atoms. The molecule has 2 nitrogen and oxygen atoms in total. The van der Waals surface area contributed by atoms with E-state index in [1.807, 2.05) is 12.1 Å². The van der Waals surface area contributed by atoms with Crippen LogP contribution in [0.15, 0.2) is 28.6 Å². The number of aromatic nitrogens is 1. The Balaban J connectivity index is 2.48. The molecule has 0 saturated heterocycles. The second-order valence-electron chi connectivity index (χ2n) is 6.90. The lowest BCUT2D eigenvalue weighted by Crippen LogP contribution is -2.28. The molecule has 138 valence electrons. The fourth-order valence-corrected chi connectivity index (χ4v) is 4.26. The molecule has 0 spiro atoms. The topological polar surface area (TPSA) is 17.3 Å². The zero-order chi connectivity index (χ0) is 18.4. The Morgan fingerprint density at radius 3 is 2.44 bits per heavy atom. The van der Waals surface area contributed by atoms with Gasteiger partial charge in [-0.05, 0) is 30.5 Å². The summed E-state index contributed by atoms with van der Waals surface area (Å²) in [7, 11) is 0. The lowest BCUT2D eigenvalue weighted by atomic mass is 9.82. The van der Waals surface area contributed by atoms with Gasteiger partial charge in [-0.3, -0.25) is 4.99 Å². The summed E-state index contributed by atoms with van der Waals surface area (Å²) in [6, 6.07) is 5.94. The quantitative estimate of drug-likeness (QED) is 0.441. The number of hydrogen-bond donors (Lipinski definition) is 0. The molecule has 5 heteroatoms. The summed E-state index contributed by atoms with van der Waals surface area (Å²) >= 11 is 14.1. The first-order valence-corrected chi connectivity index (χ1v) is 10.7. The van der Waals surface area contributed by atoms with Crippen molar-refractivity contribution in [3.63, 3.8) is 0 Å². The van der Waals surface area contributed by atoms with E-state index >= 15 is 0 Å². The molecule has 1 aromatic heterocycles. The van der Waals surface area contributed by atoms with E-state index in [9.17, 15) is 0 Å². The lowest BCUT2D eigenvalue weighted by Gasteiger charge is -2.27. The third-order valence-corrected chi connectivity index (χ3v) is 6.21. The number of rotatable bonds is 8. The fraction of sp³-hybridized carbons (Fsp3) is 0.550. The van der Waals surface area contributed by atoms with Crippen molar-refractivity contribution < 1.29 is 0 Å². The van der Waals surface area contributed by atoms with Gasteiger partial charge in [0.15, 0.2) is 4.80 Å². The maximum Gasteiger partial charge on any atom is 0.184 e. The van der Waals surface area contributed by atoms with Crippen LogP contribution in [0.4, 0.5) is 0 Å². The van der Waals surface area contributed by atoms with Gasteiger partial charge in [-0.2, -0.15) is 0 Å². The third-order valence-electron chi connectivity index (χ3n) is 4.57. The van der Waals surface area contributed by atoms with Gasteiger partial charge in [0.05, 0.1) is 10.0 Å². The van der Waals surface area contributed by atoms with Gasteiger partial charge in [-0.15, -0.1) is 11.3 Å². The minimum absolute atomic E-state index is 0.156. The van der Waals surface area contributed by atoms with Crippen molar-refractivity contribution in [2.75, 3.05) is 6.54 Å². The first-order valence-electron chi connectivity index (χ1n) is 9.06. The highest BCUT2D eigenvalue weighted by atomic mass is 35.5. The second kappa shape index (κ2) is 9.25. The Hall–Kier alpha value is -0.770. The van der Waals surface area contributed by atoms with Crippen molar-refractivity contribution in [3.05, 3.63) is 49.7 Å². The summed E-state index contributed by atoms with van der Waals surface area (Å²) in [6.45, 7) is 10.8. The zero-order valence-corrected chi connectivity index (χ0v) is 17.9. The predicted molar refractivity (Wildman–Crippen MR) is 111 cm³/mol. The van der Waals surface area contributed by atoms with Crippen LogP contribution in [0, 0.1) is 0 Å². The van der Waals surface area contributed by atoms with E-state index in [4.69, 9.17) is 28.2 Å². The van der Waals surface area contributed by atoms with Crippen LogP contribution in [0.1, 0.15) is 64.6 Å². The highest BCUT2D eigenvalue weighted by Gasteiger charge is 2.28. The molecule has 25 heavy (non-hydrogen) atoms. The SMILES string of the molecule is CCCC/N=c1/scc(C(C)(C)c2ccc(Cl)c(Cl)c2)n1CCCC. The highest BCUT2D eigenvalue weighted by molar-refractivity contribution is 7.07. The van der Waals surface area contributed by atoms with E-state index in [1.54, 1.807) is 11.3 Å². The van der Waals surface area contributed by atoms with Crippen molar-refractivity contribution >= 4 is 34.5 Å². The normalized spacial score (nSPS) is 12.8. The van der Waals surface area contributed by atoms with Gasteiger partial charge in [0.2, 0.25) is 0 Å². The van der Waals surface area contributed by atoms with E-state index in [0.717, 1.165) is 30.7 Å². The summed E-state index contributed by atoms with van der Waals surface area (Å²) in [5, 5.41) is 3.46. The molecule has 0 aliphatic heterocycles. The molecule has 0 saturated carbocycles. The van der Waals surface area contributed by atoms with Crippen LogP contribution < -0.4 is 4.80 Å². The molecule has 2 aromatic rings. The minimum atomic E-state index is -0.156. The Bertz CT molecular complexity index is 759. The monoisotopic (exact) mass is 398 g/mol. The van der Waals surface area contributed by atoms with Gasteiger partial charge in [0, 0.05) is 29.6 Å². The van der Waals surface area contributed by atoms with Crippen LogP contribution in [0.3, 0.4) is 0 Å². The Kier molecular flexibility index (Phi) is 7.60. The Labute approximate surface area is 165 Å². The van der Waals surface area contributed by atoms with Crippen LogP contribution in [-0.4, -0.2) is 11.1 Å². The molecule has 0 N–H and O–H groups in total. The molecule has 0 amide bonds. The minimum Gasteiger partial charge on any atom is -0.320 e. The van der Waals surface area contributed by atoms with Crippen molar-refractivity contribution in [3.8, 4) is 0 Å².